The second kappa shape index (κ2) is 8.62. The van der Waals surface area contributed by atoms with Gasteiger partial charge in [0.2, 0.25) is 0 Å². The molecular formula is C20H19F3N4O4. The van der Waals surface area contributed by atoms with Crippen molar-refractivity contribution in [1.29, 1.82) is 0 Å². The number of amides is 2. The van der Waals surface area contributed by atoms with Gasteiger partial charge in [0.05, 0.1) is 4.92 Å². The highest BCUT2D eigenvalue weighted by atomic mass is 19.4. The lowest BCUT2D eigenvalue weighted by Gasteiger charge is -2.36. The van der Waals surface area contributed by atoms with Crippen molar-refractivity contribution >= 4 is 28.9 Å². The fourth-order valence-corrected chi connectivity index (χ4v) is 3.37. The maximum Gasteiger partial charge on any atom is 0.471 e. The van der Waals surface area contributed by atoms with E-state index < -0.39 is 22.9 Å². The molecule has 0 radical (unpaired) electrons. The molecule has 0 atom stereocenters. The van der Waals surface area contributed by atoms with E-state index in [0.29, 0.717) is 5.69 Å². The molecule has 11 heteroatoms. The van der Waals surface area contributed by atoms with Crippen LogP contribution < -0.4 is 10.2 Å². The zero-order chi connectivity index (χ0) is 22.8. The summed E-state index contributed by atoms with van der Waals surface area (Å²) in [7, 11) is 0. The Bertz CT molecular complexity index is 1000. The molecule has 1 aliphatic heterocycles. The molecule has 0 unspecified atom stereocenters. The molecule has 2 aromatic carbocycles. The standard InChI is InChI=1S/C20H19F3N4O4/c1-13-16(3-2-4-17(13)27(30)31)18(28)24-14-5-7-15(8-6-14)25-9-11-26(12-10-25)19(29)20(21,22)23/h2-8H,9-12H2,1H3,(H,24,28). The number of nitro benzene ring substituents is 1. The van der Waals surface area contributed by atoms with Crippen molar-refractivity contribution in [2.75, 3.05) is 36.4 Å². The highest BCUT2D eigenvalue weighted by Gasteiger charge is 2.43. The number of piperazine rings is 1. The number of anilines is 2. The first kappa shape index (κ1) is 22.1. The number of carbonyl (C=O) groups is 2. The third-order valence-electron chi connectivity index (χ3n) is 5.05. The molecule has 2 aromatic rings. The number of nitro groups is 1. The van der Waals surface area contributed by atoms with Crippen LogP contribution in [0, 0.1) is 17.0 Å². The molecule has 3 rings (SSSR count). The van der Waals surface area contributed by atoms with Gasteiger partial charge < -0.3 is 15.1 Å². The summed E-state index contributed by atoms with van der Waals surface area (Å²) in [6.07, 6.45) is -4.88. The lowest BCUT2D eigenvalue weighted by Crippen LogP contribution is -2.52. The molecule has 0 spiro atoms. The predicted octanol–water partition coefficient (Wildman–Crippen LogP) is 3.37. The van der Waals surface area contributed by atoms with Crippen molar-refractivity contribution in [1.82, 2.24) is 4.90 Å². The SMILES string of the molecule is Cc1c(C(=O)Nc2ccc(N3CCN(C(=O)C(F)(F)F)CC3)cc2)cccc1[N+](=O)[O-]. The molecule has 0 saturated carbocycles. The van der Waals surface area contributed by atoms with Gasteiger partial charge in [-0.15, -0.1) is 0 Å². The van der Waals surface area contributed by atoms with E-state index in [2.05, 4.69) is 5.32 Å². The van der Waals surface area contributed by atoms with Crippen LogP contribution in [0.2, 0.25) is 0 Å². The van der Waals surface area contributed by atoms with E-state index in [1.165, 1.54) is 25.1 Å². The summed E-state index contributed by atoms with van der Waals surface area (Å²) in [6.45, 7) is 1.92. The Hall–Kier alpha value is -3.63. The molecule has 1 saturated heterocycles. The van der Waals surface area contributed by atoms with Crippen LogP contribution in [0.5, 0.6) is 0 Å². The van der Waals surface area contributed by atoms with Crippen molar-refractivity contribution < 1.29 is 27.7 Å². The lowest BCUT2D eigenvalue weighted by molar-refractivity contribution is -0.385. The second-order valence-electron chi connectivity index (χ2n) is 6.98. The number of alkyl halides is 3. The van der Waals surface area contributed by atoms with Crippen LogP contribution in [0.25, 0.3) is 0 Å². The van der Waals surface area contributed by atoms with Gasteiger partial charge in [0.15, 0.2) is 0 Å². The van der Waals surface area contributed by atoms with Crippen molar-refractivity contribution in [3.05, 3.63) is 63.7 Å². The topological polar surface area (TPSA) is 95.8 Å². The molecule has 0 bridgehead atoms. The van der Waals surface area contributed by atoms with Crippen LogP contribution >= 0.6 is 0 Å². The van der Waals surface area contributed by atoms with Crippen molar-refractivity contribution in [3.63, 3.8) is 0 Å². The van der Waals surface area contributed by atoms with E-state index in [9.17, 15) is 32.9 Å². The summed E-state index contributed by atoms with van der Waals surface area (Å²) < 4.78 is 37.6. The summed E-state index contributed by atoms with van der Waals surface area (Å²) in [4.78, 5) is 36.9. The van der Waals surface area contributed by atoms with E-state index in [-0.39, 0.29) is 43.0 Å². The van der Waals surface area contributed by atoms with Crippen molar-refractivity contribution in [3.8, 4) is 0 Å². The number of benzene rings is 2. The fourth-order valence-electron chi connectivity index (χ4n) is 3.37. The summed E-state index contributed by atoms with van der Waals surface area (Å²) in [6, 6.07) is 10.9. The molecule has 1 N–H and O–H groups in total. The van der Waals surface area contributed by atoms with Crippen LogP contribution in [0.3, 0.4) is 0 Å². The normalized spacial score (nSPS) is 14.3. The summed E-state index contributed by atoms with van der Waals surface area (Å²) in [5, 5.41) is 13.7. The quantitative estimate of drug-likeness (QED) is 0.586. The molecule has 1 fully saturated rings. The zero-order valence-electron chi connectivity index (χ0n) is 16.5. The summed E-state index contributed by atoms with van der Waals surface area (Å²) in [5.74, 6) is -2.32. The third-order valence-corrected chi connectivity index (χ3v) is 5.05. The maximum atomic E-state index is 12.5. The third kappa shape index (κ3) is 4.93. The first-order valence-electron chi connectivity index (χ1n) is 9.34. The Morgan fingerprint density at radius 3 is 2.19 bits per heavy atom. The van der Waals surface area contributed by atoms with Crippen LogP contribution in [-0.2, 0) is 4.79 Å². The van der Waals surface area contributed by atoms with Crippen molar-refractivity contribution in [2.45, 2.75) is 13.1 Å². The number of rotatable bonds is 4. The molecule has 2 amide bonds. The van der Waals surface area contributed by atoms with Gasteiger partial charge in [-0.25, -0.2) is 0 Å². The minimum Gasteiger partial charge on any atom is -0.368 e. The maximum absolute atomic E-state index is 12.5. The molecule has 0 aromatic heterocycles. The van der Waals surface area contributed by atoms with Gasteiger partial charge in [-0.05, 0) is 37.3 Å². The molecular weight excluding hydrogens is 417 g/mol. The van der Waals surface area contributed by atoms with Gasteiger partial charge in [-0.3, -0.25) is 19.7 Å². The lowest BCUT2D eigenvalue weighted by atomic mass is 10.1. The number of hydrogen-bond donors (Lipinski definition) is 1. The molecule has 0 aliphatic carbocycles. The minimum absolute atomic E-state index is 0.0388. The Morgan fingerprint density at radius 2 is 1.65 bits per heavy atom. The number of carbonyl (C=O) groups excluding carboxylic acids is 2. The number of hydrogen-bond acceptors (Lipinski definition) is 5. The molecule has 31 heavy (non-hydrogen) atoms. The summed E-state index contributed by atoms with van der Waals surface area (Å²) >= 11 is 0. The minimum atomic E-state index is -4.88. The highest BCUT2D eigenvalue weighted by Crippen LogP contribution is 2.25. The molecule has 1 heterocycles. The van der Waals surface area contributed by atoms with Gasteiger partial charge >= 0.3 is 12.1 Å². The van der Waals surface area contributed by atoms with E-state index in [4.69, 9.17) is 0 Å². The molecule has 1 aliphatic rings. The smallest absolute Gasteiger partial charge is 0.368 e. The van der Waals surface area contributed by atoms with Gasteiger partial charge in [-0.1, -0.05) is 6.07 Å². The monoisotopic (exact) mass is 436 g/mol. The van der Waals surface area contributed by atoms with Crippen LogP contribution in [-0.4, -0.2) is 54.0 Å². The Kier molecular flexibility index (Phi) is 6.14. The highest BCUT2D eigenvalue weighted by molar-refractivity contribution is 6.05. The number of nitrogens with zero attached hydrogens (tertiary/aromatic N) is 3. The number of nitrogens with one attached hydrogen (secondary N) is 1. The Morgan fingerprint density at radius 1 is 1.03 bits per heavy atom. The van der Waals surface area contributed by atoms with E-state index in [0.717, 1.165) is 10.6 Å². The van der Waals surface area contributed by atoms with Crippen LogP contribution in [0.1, 0.15) is 15.9 Å². The van der Waals surface area contributed by atoms with Crippen LogP contribution in [0.15, 0.2) is 42.5 Å². The van der Waals surface area contributed by atoms with Crippen LogP contribution in [0.4, 0.5) is 30.2 Å². The van der Waals surface area contributed by atoms with Gasteiger partial charge in [0, 0.05) is 54.7 Å². The van der Waals surface area contributed by atoms with Gasteiger partial charge in [0.25, 0.3) is 11.6 Å². The molecule has 164 valence electrons. The largest absolute Gasteiger partial charge is 0.471 e. The predicted molar refractivity (Wildman–Crippen MR) is 107 cm³/mol. The van der Waals surface area contributed by atoms with Gasteiger partial charge in [-0.2, -0.15) is 13.2 Å². The Balaban J connectivity index is 1.63. The van der Waals surface area contributed by atoms with E-state index >= 15 is 0 Å². The van der Waals surface area contributed by atoms with Gasteiger partial charge in [0.1, 0.15) is 0 Å². The zero-order valence-corrected chi connectivity index (χ0v) is 16.5. The molecule has 8 nitrogen and oxygen atoms in total. The first-order chi connectivity index (χ1) is 14.6. The van der Waals surface area contributed by atoms with E-state index in [1.807, 2.05) is 4.90 Å². The number of halogens is 3. The second-order valence-corrected chi connectivity index (χ2v) is 6.98. The summed E-state index contributed by atoms with van der Waals surface area (Å²) in [5.41, 5.74) is 1.50. The average molecular weight is 436 g/mol. The van der Waals surface area contributed by atoms with E-state index in [1.54, 1.807) is 24.3 Å². The first-order valence-corrected chi connectivity index (χ1v) is 9.34. The average Bonchev–Trinajstić information content (AvgIpc) is 2.73. The fraction of sp³-hybridized carbons (Fsp3) is 0.300. The Labute approximate surface area is 175 Å². The van der Waals surface area contributed by atoms with Crippen molar-refractivity contribution in [2.24, 2.45) is 0 Å².